The van der Waals surface area contributed by atoms with E-state index in [4.69, 9.17) is 13.9 Å². The van der Waals surface area contributed by atoms with E-state index < -0.39 is 17.5 Å². The predicted octanol–water partition coefficient (Wildman–Crippen LogP) is 5.16. The first kappa shape index (κ1) is 19.9. The van der Waals surface area contributed by atoms with Crippen molar-refractivity contribution < 1.29 is 27.5 Å². The molecule has 9 heteroatoms. The fourth-order valence-corrected chi connectivity index (χ4v) is 4.75. The SMILES string of the molecule is COc1cccc2cc(C(=O)N(C[C@H]3CCCO3)c3nc4c(F)cc(F)cc4s3)oc12. The number of thiazole rings is 1. The van der Waals surface area contributed by atoms with Crippen LogP contribution in [0.15, 0.2) is 40.8 Å². The number of furan rings is 1. The van der Waals surface area contributed by atoms with E-state index in [0.29, 0.717) is 22.6 Å². The highest BCUT2D eigenvalue weighted by atomic mass is 32.1. The summed E-state index contributed by atoms with van der Waals surface area (Å²) >= 11 is 1.05. The lowest BCUT2D eigenvalue weighted by molar-refractivity contribution is 0.0896. The second kappa shape index (κ2) is 7.90. The van der Waals surface area contributed by atoms with Crippen LogP contribution in [0.4, 0.5) is 13.9 Å². The molecule has 0 radical (unpaired) electrons. The molecule has 1 fully saturated rings. The number of rotatable bonds is 5. The molecule has 6 nitrogen and oxygen atoms in total. The molecule has 1 saturated heterocycles. The van der Waals surface area contributed by atoms with E-state index in [9.17, 15) is 13.6 Å². The number of fused-ring (bicyclic) bond motifs is 2. The molecule has 2 aromatic heterocycles. The number of aromatic nitrogens is 1. The standard InChI is InChI=1S/C22H18F2N2O4S/c1-28-16-6-2-4-12-8-17(30-20(12)16)21(27)26(11-14-5-3-7-29-14)22-25-19-15(24)9-13(23)10-18(19)31-22/h2,4,6,8-10,14H,3,5,7,11H2,1H3/t14-/m1/s1. The Morgan fingerprint density at radius 3 is 2.97 bits per heavy atom. The first-order valence-electron chi connectivity index (χ1n) is 9.79. The molecule has 0 unspecified atom stereocenters. The number of hydrogen-bond acceptors (Lipinski definition) is 6. The number of carbonyl (C=O) groups is 1. The Balaban J connectivity index is 1.57. The molecule has 4 aromatic rings. The topological polar surface area (TPSA) is 64.8 Å². The van der Waals surface area contributed by atoms with Crippen LogP contribution in [0.2, 0.25) is 0 Å². The number of ether oxygens (including phenoxy) is 2. The van der Waals surface area contributed by atoms with Gasteiger partial charge >= 0.3 is 0 Å². The Bertz CT molecular complexity index is 1280. The molecular weight excluding hydrogens is 426 g/mol. The molecule has 0 aliphatic carbocycles. The lowest BCUT2D eigenvalue weighted by Crippen LogP contribution is -2.37. The van der Waals surface area contributed by atoms with Crippen molar-refractivity contribution in [3.05, 3.63) is 53.8 Å². The van der Waals surface area contributed by atoms with Gasteiger partial charge in [0.25, 0.3) is 5.91 Å². The maximum absolute atomic E-state index is 14.2. The Morgan fingerprint density at radius 2 is 2.19 bits per heavy atom. The summed E-state index contributed by atoms with van der Waals surface area (Å²) < 4.78 is 45.0. The van der Waals surface area contributed by atoms with Gasteiger partial charge < -0.3 is 13.9 Å². The zero-order chi connectivity index (χ0) is 21.5. The summed E-state index contributed by atoms with van der Waals surface area (Å²) in [5, 5.41) is 0.976. The van der Waals surface area contributed by atoms with E-state index >= 15 is 0 Å². The van der Waals surface area contributed by atoms with Crippen LogP contribution in [0.1, 0.15) is 23.4 Å². The van der Waals surface area contributed by atoms with Crippen molar-refractivity contribution >= 4 is 43.6 Å². The number of methoxy groups -OCH3 is 1. The normalized spacial score (nSPS) is 16.3. The van der Waals surface area contributed by atoms with Crippen LogP contribution in [-0.2, 0) is 4.74 Å². The van der Waals surface area contributed by atoms with Gasteiger partial charge in [-0.2, -0.15) is 0 Å². The molecule has 0 spiro atoms. The summed E-state index contributed by atoms with van der Waals surface area (Å²) in [6.45, 7) is 0.852. The van der Waals surface area contributed by atoms with Gasteiger partial charge in [0.15, 0.2) is 28.0 Å². The lowest BCUT2D eigenvalue weighted by Gasteiger charge is -2.22. The highest BCUT2D eigenvalue weighted by Crippen LogP contribution is 2.34. The second-order valence-corrected chi connectivity index (χ2v) is 8.28. The smallest absolute Gasteiger partial charge is 0.295 e. The van der Waals surface area contributed by atoms with Crippen molar-refractivity contribution in [1.29, 1.82) is 0 Å². The van der Waals surface area contributed by atoms with E-state index in [0.717, 1.165) is 35.6 Å². The summed E-state index contributed by atoms with van der Waals surface area (Å²) in [5.41, 5.74) is 0.487. The summed E-state index contributed by atoms with van der Waals surface area (Å²) in [6.07, 6.45) is 1.52. The molecule has 1 atom stereocenters. The fraction of sp³-hybridized carbons (Fsp3) is 0.273. The van der Waals surface area contributed by atoms with Crippen LogP contribution in [0.3, 0.4) is 0 Å². The molecular formula is C22H18F2N2O4S. The number of anilines is 1. The first-order chi connectivity index (χ1) is 15.0. The van der Waals surface area contributed by atoms with Gasteiger partial charge in [-0.15, -0.1) is 0 Å². The minimum atomic E-state index is -0.768. The van der Waals surface area contributed by atoms with Crippen molar-refractivity contribution in [2.24, 2.45) is 0 Å². The van der Waals surface area contributed by atoms with Crippen molar-refractivity contribution in [3.8, 4) is 5.75 Å². The lowest BCUT2D eigenvalue weighted by atomic mass is 10.2. The average Bonchev–Trinajstić information content (AvgIpc) is 3.49. The highest BCUT2D eigenvalue weighted by Gasteiger charge is 2.29. The molecule has 31 heavy (non-hydrogen) atoms. The van der Waals surface area contributed by atoms with Crippen molar-refractivity contribution in [2.45, 2.75) is 18.9 Å². The molecule has 2 aromatic carbocycles. The number of nitrogens with zero attached hydrogens (tertiary/aromatic N) is 2. The Labute approximate surface area is 180 Å². The van der Waals surface area contributed by atoms with E-state index in [1.165, 1.54) is 18.1 Å². The minimum absolute atomic E-state index is 0.0258. The third-order valence-corrected chi connectivity index (χ3v) is 6.25. The van der Waals surface area contributed by atoms with Gasteiger partial charge in [0.05, 0.1) is 24.5 Å². The van der Waals surface area contributed by atoms with Gasteiger partial charge in [-0.1, -0.05) is 23.5 Å². The van der Waals surface area contributed by atoms with E-state index in [-0.39, 0.29) is 29.1 Å². The third-order valence-electron chi connectivity index (χ3n) is 5.23. The zero-order valence-electron chi connectivity index (χ0n) is 16.6. The molecule has 3 heterocycles. The molecule has 1 amide bonds. The Kier molecular flexibility index (Phi) is 5.07. The van der Waals surface area contributed by atoms with Gasteiger partial charge in [-0.25, -0.2) is 13.8 Å². The summed E-state index contributed by atoms with van der Waals surface area (Å²) in [6, 6.07) is 8.99. The number of carbonyl (C=O) groups excluding carboxylic acids is 1. The molecule has 1 aliphatic rings. The Hall–Kier alpha value is -3.04. The average molecular weight is 444 g/mol. The second-order valence-electron chi connectivity index (χ2n) is 7.27. The van der Waals surface area contributed by atoms with E-state index in [1.807, 2.05) is 6.07 Å². The number of hydrogen-bond donors (Lipinski definition) is 0. The van der Waals surface area contributed by atoms with Gasteiger partial charge in [0.2, 0.25) is 0 Å². The van der Waals surface area contributed by atoms with E-state index in [1.54, 1.807) is 18.2 Å². The highest BCUT2D eigenvalue weighted by molar-refractivity contribution is 7.22. The largest absolute Gasteiger partial charge is 0.493 e. The van der Waals surface area contributed by atoms with Crippen LogP contribution >= 0.6 is 11.3 Å². The first-order valence-corrected chi connectivity index (χ1v) is 10.6. The van der Waals surface area contributed by atoms with Crippen LogP contribution in [0, 0.1) is 11.6 Å². The van der Waals surface area contributed by atoms with Crippen LogP contribution in [0.5, 0.6) is 5.75 Å². The number of halogens is 2. The number of benzene rings is 2. The quantitative estimate of drug-likeness (QED) is 0.426. The third kappa shape index (κ3) is 3.64. The van der Waals surface area contributed by atoms with Gasteiger partial charge in [-0.05, 0) is 31.0 Å². The van der Waals surface area contributed by atoms with Gasteiger partial charge in [0, 0.05) is 18.1 Å². The van der Waals surface area contributed by atoms with Crippen LogP contribution in [0.25, 0.3) is 21.2 Å². The summed E-state index contributed by atoms with van der Waals surface area (Å²) in [4.78, 5) is 19.2. The molecule has 0 saturated carbocycles. The zero-order valence-corrected chi connectivity index (χ0v) is 17.4. The molecule has 0 N–H and O–H groups in total. The van der Waals surface area contributed by atoms with E-state index in [2.05, 4.69) is 4.98 Å². The fourth-order valence-electron chi connectivity index (χ4n) is 3.74. The maximum Gasteiger partial charge on any atom is 0.295 e. The van der Waals surface area contributed by atoms with Crippen LogP contribution in [-0.4, -0.2) is 37.3 Å². The predicted molar refractivity (Wildman–Crippen MR) is 113 cm³/mol. The molecule has 0 bridgehead atoms. The maximum atomic E-state index is 14.2. The molecule has 1 aliphatic heterocycles. The van der Waals surface area contributed by atoms with Gasteiger partial charge in [0.1, 0.15) is 11.3 Å². The molecule has 160 valence electrons. The van der Waals surface area contributed by atoms with Crippen molar-refractivity contribution in [1.82, 2.24) is 4.98 Å². The molecule has 5 rings (SSSR count). The van der Waals surface area contributed by atoms with Crippen molar-refractivity contribution in [3.63, 3.8) is 0 Å². The van der Waals surface area contributed by atoms with Crippen LogP contribution < -0.4 is 9.64 Å². The van der Waals surface area contributed by atoms with Crippen molar-refractivity contribution in [2.75, 3.05) is 25.2 Å². The Morgan fingerprint density at radius 1 is 1.32 bits per heavy atom. The van der Waals surface area contributed by atoms with Gasteiger partial charge in [-0.3, -0.25) is 9.69 Å². The summed E-state index contributed by atoms with van der Waals surface area (Å²) in [5.74, 6) is -1.28. The summed E-state index contributed by atoms with van der Waals surface area (Å²) in [7, 11) is 1.53. The number of amides is 1. The monoisotopic (exact) mass is 444 g/mol. The number of para-hydroxylation sites is 1. The minimum Gasteiger partial charge on any atom is -0.493 e.